The highest BCUT2D eigenvalue weighted by Crippen LogP contribution is 2.33. The maximum absolute atomic E-state index is 6.16. The molecular weight excluding hydrogens is 291 g/mol. The SMILES string of the molecule is Cc1ccc(-c2c(Cl)nc(C(C)Cl)nc2Cl)cc1. The van der Waals surface area contributed by atoms with Crippen molar-refractivity contribution < 1.29 is 0 Å². The van der Waals surface area contributed by atoms with Gasteiger partial charge in [-0.1, -0.05) is 53.0 Å². The number of hydrogen-bond donors (Lipinski definition) is 0. The van der Waals surface area contributed by atoms with Gasteiger partial charge in [-0.2, -0.15) is 0 Å². The van der Waals surface area contributed by atoms with Crippen LogP contribution in [0.15, 0.2) is 24.3 Å². The van der Waals surface area contributed by atoms with Crippen LogP contribution in [0, 0.1) is 6.92 Å². The zero-order chi connectivity index (χ0) is 13.3. The van der Waals surface area contributed by atoms with Crippen molar-refractivity contribution in [1.82, 2.24) is 9.97 Å². The molecule has 2 nitrogen and oxygen atoms in total. The van der Waals surface area contributed by atoms with Gasteiger partial charge in [0.2, 0.25) is 0 Å². The van der Waals surface area contributed by atoms with Gasteiger partial charge in [-0.3, -0.25) is 0 Å². The second kappa shape index (κ2) is 5.43. The van der Waals surface area contributed by atoms with Crippen LogP contribution < -0.4 is 0 Å². The minimum Gasteiger partial charge on any atom is -0.219 e. The molecule has 1 heterocycles. The number of aryl methyl sites for hydroxylation is 1. The van der Waals surface area contributed by atoms with Crippen molar-refractivity contribution in [3.63, 3.8) is 0 Å². The molecule has 0 amide bonds. The molecule has 0 aliphatic carbocycles. The van der Waals surface area contributed by atoms with Gasteiger partial charge < -0.3 is 0 Å². The summed E-state index contributed by atoms with van der Waals surface area (Å²) in [5.74, 6) is 0.433. The third kappa shape index (κ3) is 2.77. The maximum Gasteiger partial charge on any atom is 0.149 e. The predicted octanol–water partition coefficient (Wildman–Crippen LogP) is 5.06. The van der Waals surface area contributed by atoms with Crippen molar-refractivity contribution in [3.05, 3.63) is 46.0 Å². The first-order valence-electron chi connectivity index (χ1n) is 5.43. The molecule has 0 fully saturated rings. The molecule has 0 saturated carbocycles. The summed E-state index contributed by atoms with van der Waals surface area (Å²) in [5.41, 5.74) is 2.70. The third-order valence-electron chi connectivity index (χ3n) is 2.53. The maximum atomic E-state index is 6.16. The lowest BCUT2D eigenvalue weighted by atomic mass is 10.1. The molecule has 18 heavy (non-hydrogen) atoms. The molecule has 1 aromatic heterocycles. The second-order valence-electron chi connectivity index (χ2n) is 4.02. The van der Waals surface area contributed by atoms with Gasteiger partial charge in [0.05, 0.1) is 10.9 Å². The van der Waals surface area contributed by atoms with Gasteiger partial charge in [-0.25, -0.2) is 9.97 Å². The van der Waals surface area contributed by atoms with E-state index in [0.717, 1.165) is 11.1 Å². The van der Waals surface area contributed by atoms with Gasteiger partial charge in [0.25, 0.3) is 0 Å². The van der Waals surface area contributed by atoms with Crippen LogP contribution in [0.5, 0.6) is 0 Å². The number of alkyl halides is 1. The Hall–Kier alpha value is -0.830. The normalized spacial score (nSPS) is 12.5. The van der Waals surface area contributed by atoms with Gasteiger partial charge >= 0.3 is 0 Å². The quantitative estimate of drug-likeness (QED) is 0.572. The molecule has 0 N–H and O–H groups in total. The van der Waals surface area contributed by atoms with Gasteiger partial charge in [0.1, 0.15) is 16.1 Å². The van der Waals surface area contributed by atoms with E-state index in [-0.39, 0.29) is 5.38 Å². The largest absolute Gasteiger partial charge is 0.219 e. The van der Waals surface area contributed by atoms with E-state index >= 15 is 0 Å². The molecule has 0 saturated heterocycles. The molecule has 1 unspecified atom stereocenters. The van der Waals surface area contributed by atoms with E-state index in [9.17, 15) is 0 Å². The van der Waals surface area contributed by atoms with Crippen LogP contribution in [0.4, 0.5) is 0 Å². The highest BCUT2D eigenvalue weighted by atomic mass is 35.5. The summed E-state index contributed by atoms with van der Waals surface area (Å²) < 4.78 is 0. The van der Waals surface area contributed by atoms with Crippen molar-refractivity contribution in [1.29, 1.82) is 0 Å². The minimum absolute atomic E-state index is 0.321. The molecule has 0 radical (unpaired) electrons. The Morgan fingerprint density at radius 3 is 1.94 bits per heavy atom. The van der Waals surface area contributed by atoms with E-state index in [1.807, 2.05) is 31.2 Å². The summed E-state index contributed by atoms with van der Waals surface area (Å²) in [4.78, 5) is 8.34. The lowest BCUT2D eigenvalue weighted by molar-refractivity contribution is 0.912. The van der Waals surface area contributed by atoms with Crippen molar-refractivity contribution >= 4 is 34.8 Å². The highest BCUT2D eigenvalue weighted by molar-refractivity contribution is 6.37. The molecule has 2 rings (SSSR count). The topological polar surface area (TPSA) is 25.8 Å². The van der Waals surface area contributed by atoms with Crippen LogP contribution in [-0.2, 0) is 0 Å². The molecule has 1 atom stereocenters. The summed E-state index contributed by atoms with van der Waals surface area (Å²) in [6.45, 7) is 3.79. The third-order valence-corrected chi connectivity index (χ3v) is 3.28. The number of rotatable bonds is 2. The minimum atomic E-state index is -0.327. The first kappa shape index (κ1) is 13.6. The van der Waals surface area contributed by atoms with E-state index in [0.29, 0.717) is 21.7 Å². The number of nitrogens with zero attached hydrogens (tertiary/aromatic N) is 2. The second-order valence-corrected chi connectivity index (χ2v) is 5.39. The fourth-order valence-electron chi connectivity index (χ4n) is 1.56. The zero-order valence-corrected chi connectivity index (χ0v) is 12.2. The van der Waals surface area contributed by atoms with Gasteiger partial charge in [-0.15, -0.1) is 11.6 Å². The predicted molar refractivity (Wildman–Crippen MR) is 76.5 cm³/mol. The van der Waals surface area contributed by atoms with E-state index in [2.05, 4.69) is 9.97 Å². The van der Waals surface area contributed by atoms with E-state index in [4.69, 9.17) is 34.8 Å². The lowest BCUT2D eigenvalue weighted by Crippen LogP contribution is -1.99. The van der Waals surface area contributed by atoms with Crippen molar-refractivity contribution in [3.8, 4) is 11.1 Å². The summed E-state index contributed by atoms with van der Waals surface area (Å²) in [6, 6.07) is 7.85. The Balaban J connectivity index is 2.55. The van der Waals surface area contributed by atoms with Crippen LogP contribution in [0.1, 0.15) is 23.7 Å². The highest BCUT2D eigenvalue weighted by Gasteiger charge is 2.15. The summed E-state index contributed by atoms with van der Waals surface area (Å²) in [5, 5.41) is 0.315. The molecule has 0 spiro atoms. The number of benzene rings is 1. The van der Waals surface area contributed by atoms with Crippen molar-refractivity contribution in [2.75, 3.05) is 0 Å². The molecule has 1 aromatic carbocycles. The van der Waals surface area contributed by atoms with E-state index < -0.39 is 0 Å². The monoisotopic (exact) mass is 300 g/mol. The molecule has 0 bridgehead atoms. The van der Waals surface area contributed by atoms with Crippen LogP contribution in [0.25, 0.3) is 11.1 Å². The molecule has 94 valence electrons. The molecular formula is C13H11Cl3N2. The standard InChI is InChI=1S/C13H11Cl3N2/c1-7-3-5-9(6-4-7)10-11(15)17-13(8(2)14)18-12(10)16/h3-6,8H,1-2H3. The van der Waals surface area contributed by atoms with E-state index in [1.165, 1.54) is 0 Å². The Morgan fingerprint density at radius 2 is 1.50 bits per heavy atom. The smallest absolute Gasteiger partial charge is 0.149 e. The number of aromatic nitrogens is 2. The van der Waals surface area contributed by atoms with Gasteiger partial charge in [-0.05, 0) is 19.4 Å². The van der Waals surface area contributed by atoms with Crippen LogP contribution in [0.3, 0.4) is 0 Å². The van der Waals surface area contributed by atoms with E-state index in [1.54, 1.807) is 6.92 Å². The fourth-order valence-corrected chi connectivity index (χ4v) is 2.28. The summed E-state index contributed by atoms with van der Waals surface area (Å²) >= 11 is 18.2. The molecule has 5 heteroatoms. The average Bonchev–Trinajstić information content (AvgIpc) is 2.30. The lowest BCUT2D eigenvalue weighted by Gasteiger charge is -2.09. The molecule has 0 aliphatic rings. The molecule has 2 aromatic rings. The number of hydrogen-bond acceptors (Lipinski definition) is 2. The van der Waals surface area contributed by atoms with Gasteiger partial charge in [0.15, 0.2) is 0 Å². The summed E-state index contributed by atoms with van der Waals surface area (Å²) in [7, 11) is 0. The van der Waals surface area contributed by atoms with Crippen molar-refractivity contribution in [2.24, 2.45) is 0 Å². The Kier molecular flexibility index (Phi) is 4.10. The van der Waals surface area contributed by atoms with Crippen LogP contribution in [0.2, 0.25) is 10.3 Å². The first-order chi connectivity index (χ1) is 8.49. The summed E-state index contributed by atoms with van der Waals surface area (Å²) in [6.07, 6.45) is 0. The molecule has 0 aliphatic heterocycles. The first-order valence-corrected chi connectivity index (χ1v) is 6.62. The van der Waals surface area contributed by atoms with Crippen molar-refractivity contribution in [2.45, 2.75) is 19.2 Å². The fraction of sp³-hybridized carbons (Fsp3) is 0.231. The van der Waals surface area contributed by atoms with Crippen LogP contribution >= 0.6 is 34.8 Å². The van der Waals surface area contributed by atoms with Crippen LogP contribution in [-0.4, -0.2) is 9.97 Å². The number of halogens is 3. The van der Waals surface area contributed by atoms with Gasteiger partial charge in [0, 0.05) is 0 Å². The zero-order valence-electron chi connectivity index (χ0n) is 9.92. The average molecular weight is 302 g/mol. The Bertz CT molecular complexity index is 542. The Morgan fingerprint density at radius 1 is 1.00 bits per heavy atom. The Labute approximate surface area is 121 Å².